The van der Waals surface area contributed by atoms with E-state index >= 15 is 0 Å². The summed E-state index contributed by atoms with van der Waals surface area (Å²) in [5, 5.41) is 0. The molecule has 2 aromatic carbocycles. The van der Waals surface area contributed by atoms with Gasteiger partial charge in [-0.25, -0.2) is 0 Å². The van der Waals surface area contributed by atoms with Crippen LogP contribution < -0.4 is 9.47 Å². The third-order valence-electron chi connectivity index (χ3n) is 9.37. The first-order valence-corrected chi connectivity index (χ1v) is 16.4. The fourth-order valence-electron chi connectivity index (χ4n) is 6.80. The van der Waals surface area contributed by atoms with Crippen molar-refractivity contribution in [2.24, 2.45) is 9.98 Å². The Kier molecular flexibility index (Phi) is 10.1. The van der Waals surface area contributed by atoms with Crippen molar-refractivity contribution in [2.75, 3.05) is 40.5 Å². The Bertz CT molecular complexity index is 1320. The summed E-state index contributed by atoms with van der Waals surface area (Å²) >= 11 is 0. The molecule has 2 fully saturated rings. The van der Waals surface area contributed by atoms with Crippen LogP contribution in [0.15, 0.2) is 46.4 Å². The van der Waals surface area contributed by atoms with Gasteiger partial charge in [0.1, 0.15) is 11.5 Å². The van der Waals surface area contributed by atoms with E-state index in [1.165, 1.54) is 19.3 Å². The first-order chi connectivity index (χ1) is 22.1. The largest absolute Gasteiger partial charge is 0.497 e. The van der Waals surface area contributed by atoms with Crippen molar-refractivity contribution in [2.45, 2.75) is 82.1 Å². The van der Waals surface area contributed by atoms with Crippen LogP contribution in [0.25, 0.3) is 0 Å². The number of unbranched alkanes of at least 4 members (excludes halogenated alkanes) is 6. The lowest BCUT2D eigenvalue weighted by molar-refractivity contribution is 0.0398. The zero-order valence-electron chi connectivity index (χ0n) is 26.4. The highest BCUT2D eigenvalue weighted by atomic mass is 16.5. The Morgan fingerprint density at radius 2 is 1.07 bits per heavy atom. The van der Waals surface area contributed by atoms with Gasteiger partial charge in [-0.1, -0.05) is 32.1 Å². The van der Waals surface area contributed by atoms with Crippen LogP contribution in [0.4, 0.5) is 11.4 Å². The van der Waals surface area contributed by atoms with E-state index in [9.17, 15) is 9.59 Å². The number of amides is 2. The highest BCUT2D eigenvalue weighted by Crippen LogP contribution is 2.34. The maximum atomic E-state index is 13.1. The molecule has 2 aromatic rings. The molecule has 10 nitrogen and oxygen atoms in total. The number of aliphatic imine (C=N–C) groups is 2. The Balaban J connectivity index is 0.836. The quantitative estimate of drug-likeness (QED) is 0.250. The van der Waals surface area contributed by atoms with Gasteiger partial charge in [0.15, 0.2) is 0 Å². The van der Waals surface area contributed by atoms with Gasteiger partial charge in [-0.05, 0) is 49.9 Å². The third-order valence-corrected chi connectivity index (χ3v) is 9.37. The molecule has 4 aliphatic heterocycles. The van der Waals surface area contributed by atoms with E-state index in [0.29, 0.717) is 60.3 Å². The van der Waals surface area contributed by atoms with E-state index in [2.05, 4.69) is 9.98 Å². The van der Waals surface area contributed by atoms with Gasteiger partial charge in [-0.15, -0.1) is 0 Å². The van der Waals surface area contributed by atoms with Crippen molar-refractivity contribution in [3.8, 4) is 11.5 Å². The normalized spacial score (nSPS) is 23.3. The fraction of sp³-hybridized carbons (Fsp3) is 0.543. The van der Waals surface area contributed by atoms with Crippen LogP contribution >= 0.6 is 0 Å². The van der Waals surface area contributed by atoms with Gasteiger partial charge in [0, 0.05) is 50.9 Å². The van der Waals surface area contributed by atoms with E-state index in [4.69, 9.17) is 18.9 Å². The van der Waals surface area contributed by atoms with Crippen LogP contribution in [0, 0.1) is 0 Å². The van der Waals surface area contributed by atoms with Crippen molar-refractivity contribution >= 4 is 35.6 Å². The average molecular weight is 617 g/mol. The van der Waals surface area contributed by atoms with Crippen molar-refractivity contribution in [3.05, 3.63) is 47.5 Å². The lowest BCUT2D eigenvalue weighted by Gasteiger charge is -2.23. The molecule has 0 N–H and O–H groups in total. The number of fused-ring (bicyclic) bond motifs is 4. The van der Waals surface area contributed by atoms with Crippen LogP contribution in [0.3, 0.4) is 0 Å². The topological polar surface area (TPSA) is 102 Å². The van der Waals surface area contributed by atoms with E-state index in [1.807, 2.05) is 46.5 Å². The van der Waals surface area contributed by atoms with Gasteiger partial charge in [0.2, 0.25) is 0 Å². The number of benzene rings is 2. The summed E-state index contributed by atoms with van der Waals surface area (Å²) < 4.78 is 23.1. The van der Waals surface area contributed by atoms with Gasteiger partial charge in [-0.3, -0.25) is 19.6 Å². The molecule has 0 saturated carbocycles. The molecule has 45 heavy (non-hydrogen) atoms. The van der Waals surface area contributed by atoms with Crippen LogP contribution in [0.5, 0.6) is 11.5 Å². The Labute approximate surface area is 265 Å². The zero-order chi connectivity index (χ0) is 31.2. The molecule has 240 valence electrons. The number of methoxy groups -OCH3 is 2. The molecule has 0 aromatic heterocycles. The fourth-order valence-corrected chi connectivity index (χ4v) is 6.80. The molecule has 0 aliphatic carbocycles. The molecule has 6 rings (SSSR count). The number of ether oxygens (including phenoxy) is 4. The zero-order valence-corrected chi connectivity index (χ0v) is 26.4. The van der Waals surface area contributed by atoms with Gasteiger partial charge in [0.25, 0.3) is 11.8 Å². The number of hydrogen-bond donors (Lipinski definition) is 0. The van der Waals surface area contributed by atoms with Crippen molar-refractivity contribution < 1.29 is 28.5 Å². The predicted molar refractivity (Wildman–Crippen MR) is 173 cm³/mol. The molecule has 0 radical (unpaired) electrons. The lowest BCUT2D eigenvalue weighted by Crippen LogP contribution is -2.40. The summed E-state index contributed by atoms with van der Waals surface area (Å²) in [5.41, 5.74) is 2.54. The molecule has 10 heteroatoms. The Morgan fingerprint density at radius 3 is 1.49 bits per heavy atom. The summed E-state index contributed by atoms with van der Waals surface area (Å²) in [6.07, 6.45) is 13.3. The third kappa shape index (κ3) is 6.92. The van der Waals surface area contributed by atoms with Crippen molar-refractivity contribution in [3.63, 3.8) is 0 Å². The summed E-state index contributed by atoms with van der Waals surface area (Å²) in [6, 6.07) is 10.6. The van der Waals surface area contributed by atoms with Gasteiger partial charge in [-0.2, -0.15) is 0 Å². The van der Waals surface area contributed by atoms with Crippen molar-refractivity contribution in [1.29, 1.82) is 0 Å². The number of carbonyl (C=O) groups excluding carboxylic acids is 2. The number of nitrogens with zero attached hydrogens (tertiary/aromatic N) is 4. The minimum Gasteiger partial charge on any atom is -0.497 e. The van der Waals surface area contributed by atoms with E-state index < -0.39 is 0 Å². The highest BCUT2D eigenvalue weighted by Gasteiger charge is 2.40. The molecule has 0 spiro atoms. The summed E-state index contributed by atoms with van der Waals surface area (Å²) in [7, 11) is 3.23. The highest BCUT2D eigenvalue weighted by molar-refractivity contribution is 6.04. The standard InChI is InChI=1S/C35H44N4O6/c1-42-24-10-12-26-28(20-24)36-22-30-32(14-16-38(30)34(26)40)44-18-8-6-4-3-5-7-9-19-45-33-15-17-39-31(33)23-37-29-21-25(43-2)11-13-27(29)35(39)41/h10-13,20-23,30-33H,3-9,14-19H2,1-2H3/t30-,31-,32?,33?/m1/s1. The van der Waals surface area contributed by atoms with Crippen LogP contribution in [0.1, 0.15) is 78.5 Å². The number of carbonyl (C=O) groups is 2. The Hall–Kier alpha value is -3.76. The molecular weight excluding hydrogens is 572 g/mol. The van der Waals surface area contributed by atoms with Gasteiger partial charge in [0.05, 0.1) is 61.0 Å². The second-order valence-electron chi connectivity index (χ2n) is 12.2. The SMILES string of the molecule is COc1ccc2c(c1)N=C[C@@H]1C(OCCCCCCCCCOC3CCN4C(=O)c5ccc(OC)cc5N=C[C@H]34)CCN1C2=O. The molecule has 4 atom stereocenters. The average Bonchev–Trinajstić information content (AvgIpc) is 3.60. The molecule has 4 aliphatic rings. The van der Waals surface area contributed by atoms with Gasteiger partial charge < -0.3 is 28.7 Å². The Morgan fingerprint density at radius 1 is 0.644 bits per heavy atom. The summed E-state index contributed by atoms with van der Waals surface area (Å²) in [5.74, 6) is 1.41. The minimum absolute atomic E-state index is 0.0117. The molecule has 0 bridgehead atoms. The maximum Gasteiger partial charge on any atom is 0.256 e. The second-order valence-corrected chi connectivity index (χ2v) is 12.2. The van der Waals surface area contributed by atoms with Gasteiger partial charge >= 0.3 is 0 Å². The number of hydrogen-bond acceptors (Lipinski definition) is 8. The van der Waals surface area contributed by atoms with E-state index in [-0.39, 0.29) is 36.1 Å². The first-order valence-electron chi connectivity index (χ1n) is 16.4. The van der Waals surface area contributed by atoms with Crippen LogP contribution in [-0.2, 0) is 9.47 Å². The smallest absolute Gasteiger partial charge is 0.256 e. The van der Waals surface area contributed by atoms with E-state index in [0.717, 1.165) is 38.5 Å². The minimum atomic E-state index is -0.124. The van der Waals surface area contributed by atoms with Crippen molar-refractivity contribution in [1.82, 2.24) is 9.80 Å². The maximum absolute atomic E-state index is 13.1. The lowest BCUT2D eigenvalue weighted by atomic mass is 10.1. The number of rotatable bonds is 14. The molecule has 2 unspecified atom stereocenters. The first kappa shape index (κ1) is 31.2. The molecule has 2 saturated heterocycles. The second kappa shape index (κ2) is 14.6. The molecule has 2 amide bonds. The summed E-state index contributed by atoms with van der Waals surface area (Å²) in [6.45, 7) is 2.78. The van der Waals surface area contributed by atoms with E-state index in [1.54, 1.807) is 26.4 Å². The summed E-state index contributed by atoms with van der Waals surface area (Å²) in [4.78, 5) is 39.3. The monoisotopic (exact) mass is 616 g/mol. The molecular formula is C35H44N4O6. The predicted octanol–water partition coefficient (Wildman–Crippen LogP) is 5.77. The van der Waals surface area contributed by atoms with Crippen LogP contribution in [-0.4, -0.2) is 98.9 Å². The molecule has 4 heterocycles. The van der Waals surface area contributed by atoms with Crippen LogP contribution in [0.2, 0.25) is 0 Å².